The SMILES string of the molecule is CN=C(NCCC1=CCOCC1)N1CCC(CN2CCCCC2)C1.I. The molecule has 5 nitrogen and oxygen atoms in total. The van der Waals surface area contributed by atoms with Crippen LogP contribution in [0.1, 0.15) is 38.5 Å². The molecule has 0 aliphatic carbocycles. The molecule has 0 bridgehead atoms. The molecule has 6 heteroatoms. The number of aliphatic imine (C=N–C) groups is 1. The number of ether oxygens (including phenoxy) is 1. The maximum Gasteiger partial charge on any atom is 0.193 e. The first kappa shape index (κ1) is 21.0. The molecular formula is C19H35IN4O. The van der Waals surface area contributed by atoms with Gasteiger partial charge in [0.2, 0.25) is 0 Å². The minimum absolute atomic E-state index is 0. The second kappa shape index (κ2) is 11.4. The average molecular weight is 462 g/mol. The summed E-state index contributed by atoms with van der Waals surface area (Å²) in [6, 6.07) is 0. The highest BCUT2D eigenvalue weighted by Gasteiger charge is 2.26. The summed E-state index contributed by atoms with van der Waals surface area (Å²) in [4.78, 5) is 9.63. The molecule has 2 saturated heterocycles. The second-order valence-electron chi connectivity index (χ2n) is 7.37. The summed E-state index contributed by atoms with van der Waals surface area (Å²) in [5, 5.41) is 3.56. The van der Waals surface area contributed by atoms with Crippen molar-refractivity contribution in [2.24, 2.45) is 10.9 Å². The fourth-order valence-corrected chi connectivity index (χ4v) is 4.14. The number of piperidine rings is 1. The third-order valence-electron chi connectivity index (χ3n) is 5.55. The Morgan fingerprint density at radius 3 is 2.84 bits per heavy atom. The highest BCUT2D eigenvalue weighted by atomic mass is 127. The van der Waals surface area contributed by atoms with Crippen LogP contribution < -0.4 is 5.32 Å². The largest absolute Gasteiger partial charge is 0.377 e. The van der Waals surface area contributed by atoms with Crippen molar-refractivity contribution in [3.05, 3.63) is 11.6 Å². The van der Waals surface area contributed by atoms with Crippen molar-refractivity contribution >= 4 is 29.9 Å². The Morgan fingerprint density at radius 1 is 1.28 bits per heavy atom. The molecule has 3 heterocycles. The zero-order valence-electron chi connectivity index (χ0n) is 15.7. The zero-order chi connectivity index (χ0) is 16.6. The molecule has 0 radical (unpaired) electrons. The number of guanidine groups is 1. The van der Waals surface area contributed by atoms with Crippen molar-refractivity contribution in [1.82, 2.24) is 15.1 Å². The molecule has 3 rings (SSSR count). The molecule has 25 heavy (non-hydrogen) atoms. The Balaban J connectivity index is 0.00000225. The van der Waals surface area contributed by atoms with E-state index in [1.807, 2.05) is 7.05 Å². The summed E-state index contributed by atoms with van der Waals surface area (Å²) in [7, 11) is 1.91. The molecule has 0 aromatic rings. The summed E-state index contributed by atoms with van der Waals surface area (Å²) in [5.41, 5.74) is 1.52. The van der Waals surface area contributed by atoms with E-state index in [2.05, 4.69) is 26.2 Å². The third kappa shape index (κ3) is 6.71. The van der Waals surface area contributed by atoms with E-state index in [4.69, 9.17) is 4.74 Å². The molecule has 0 saturated carbocycles. The summed E-state index contributed by atoms with van der Waals surface area (Å²) < 4.78 is 5.37. The Morgan fingerprint density at radius 2 is 2.12 bits per heavy atom. The van der Waals surface area contributed by atoms with Crippen LogP contribution in [0.3, 0.4) is 0 Å². The minimum Gasteiger partial charge on any atom is -0.377 e. The van der Waals surface area contributed by atoms with Gasteiger partial charge in [-0.15, -0.1) is 24.0 Å². The van der Waals surface area contributed by atoms with Crippen molar-refractivity contribution < 1.29 is 4.74 Å². The smallest absolute Gasteiger partial charge is 0.193 e. The number of nitrogens with zero attached hydrogens (tertiary/aromatic N) is 3. The van der Waals surface area contributed by atoms with Crippen molar-refractivity contribution in [2.45, 2.75) is 38.5 Å². The molecule has 0 aromatic heterocycles. The van der Waals surface area contributed by atoms with E-state index < -0.39 is 0 Å². The van der Waals surface area contributed by atoms with E-state index in [0.29, 0.717) is 0 Å². The van der Waals surface area contributed by atoms with Crippen LogP contribution in [-0.4, -0.2) is 75.3 Å². The number of likely N-dealkylation sites (tertiary alicyclic amines) is 2. The highest BCUT2D eigenvalue weighted by Crippen LogP contribution is 2.20. The summed E-state index contributed by atoms with van der Waals surface area (Å²) in [6.45, 7) is 8.84. The number of halogens is 1. The lowest BCUT2D eigenvalue weighted by molar-refractivity contribution is 0.153. The molecule has 0 spiro atoms. The molecule has 3 aliphatic heterocycles. The Labute approximate surface area is 170 Å². The Bertz CT molecular complexity index is 449. The van der Waals surface area contributed by atoms with E-state index in [-0.39, 0.29) is 24.0 Å². The van der Waals surface area contributed by atoms with Crippen LogP contribution in [-0.2, 0) is 4.74 Å². The van der Waals surface area contributed by atoms with Gasteiger partial charge in [-0.05, 0) is 51.1 Å². The van der Waals surface area contributed by atoms with E-state index in [1.165, 1.54) is 50.9 Å². The monoisotopic (exact) mass is 462 g/mol. The lowest BCUT2D eigenvalue weighted by Gasteiger charge is -2.29. The molecular weight excluding hydrogens is 427 g/mol. The predicted octanol–water partition coefficient (Wildman–Crippen LogP) is 2.72. The van der Waals surface area contributed by atoms with Gasteiger partial charge >= 0.3 is 0 Å². The second-order valence-corrected chi connectivity index (χ2v) is 7.37. The van der Waals surface area contributed by atoms with E-state index >= 15 is 0 Å². The van der Waals surface area contributed by atoms with Crippen molar-refractivity contribution in [3.63, 3.8) is 0 Å². The van der Waals surface area contributed by atoms with Crippen molar-refractivity contribution in [3.8, 4) is 0 Å². The zero-order valence-corrected chi connectivity index (χ0v) is 18.0. The molecule has 3 aliphatic rings. The number of rotatable bonds is 5. The van der Waals surface area contributed by atoms with Gasteiger partial charge in [-0.2, -0.15) is 0 Å². The predicted molar refractivity (Wildman–Crippen MR) is 115 cm³/mol. The first-order valence-corrected chi connectivity index (χ1v) is 9.79. The van der Waals surface area contributed by atoms with Crippen LogP contribution in [0.15, 0.2) is 16.6 Å². The molecule has 0 amide bonds. The van der Waals surface area contributed by atoms with E-state index in [9.17, 15) is 0 Å². The topological polar surface area (TPSA) is 40.1 Å². The molecule has 1 atom stereocenters. The average Bonchev–Trinajstić information content (AvgIpc) is 3.09. The summed E-state index contributed by atoms with van der Waals surface area (Å²) in [6.07, 6.45) is 9.93. The first-order valence-electron chi connectivity index (χ1n) is 9.79. The van der Waals surface area contributed by atoms with Gasteiger partial charge in [-0.1, -0.05) is 18.1 Å². The minimum atomic E-state index is 0. The standard InChI is InChI=1S/C19H34N4O.HI/c1-20-19(21-9-5-17-7-13-24-14-8-17)23-12-6-18(16-23)15-22-10-3-2-4-11-22;/h7,18H,2-6,8-16H2,1H3,(H,20,21);1H. The molecule has 0 aromatic carbocycles. The van der Waals surface area contributed by atoms with Gasteiger partial charge in [0.15, 0.2) is 5.96 Å². The van der Waals surface area contributed by atoms with E-state index in [0.717, 1.165) is 57.6 Å². The van der Waals surface area contributed by atoms with E-state index in [1.54, 1.807) is 0 Å². The summed E-state index contributed by atoms with van der Waals surface area (Å²) in [5.74, 6) is 1.89. The highest BCUT2D eigenvalue weighted by molar-refractivity contribution is 14.0. The number of nitrogens with one attached hydrogen (secondary N) is 1. The van der Waals surface area contributed by atoms with Gasteiger partial charge < -0.3 is 19.9 Å². The van der Waals surface area contributed by atoms with Gasteiger partial charge in [0.05, 0.1) is 13.2 Å². The fourth-order valence-electron chi connectivity index (χ4n) is 4.14. The Kier molecular flexibility index (Phi) is 9.55. The van der Waals surface area contributed by atoms with Gasteiger partial charge in [0.25, 0.3) is 0 Å². The Hall–Kier alpha value is -0.340. The molecule has 2 fully saturated rings. The van der Waals surface area contributed by atoms with Crippen LogP contribution in [0.25, 0.3) is 0 Å². The maximum absolute atomic E-state index is 5.37. The fraction of sp³-hybridized carbons (Fsp3) is 0.842. The first-order chi connectivity index (χ1) is 11.8. The lowest BCUT2D eigenvalue weighted by atomic mass is 10.1. The maximum atomic E-state index is 5.37. The quantitative estimate of drug-likeness (QED) is 0.295. The van der Waals surface area contributed by atoms with Crippen LogP contribution in [0.4, 0.5) is 0 Å². The van der Waals surface area contributed by atoms with Crippen LogP contribution in [0.2, 0.25) is 0 Å². The number of hydrogen-bond acceptors (Lipinski definition) is 3. The van der Waals surface area contributed by atoms with Crippen LogP contribution in [0, 0.1) is 5.92 Å². The van der Waals surface area contributed by atoms with Gasteiger partial charge in [-0.3, -0.25) is 4.99 Å². The van der Waals surface area contributed by atoms with Crippen molar-refractivity contribution in [1.29, 1.82) is 0 Å². The number of hydrogen-bond donors (Lipinski definition) is 1. The molecule has 1 N–H and O–H groups in total. The molecule has 1 unspecified atom stereocenters. The van der Waals surface area contributed by atoms with Crippen LogP contribution in [0.5, 0.6) is 0 Å². The van der Waals surface area contributed by atoms with Crippen LogP contribution >= 0.6 is 24.0 Å². The normalized spacial score (nSPS) is 25.5. The third-order valence-corrected chi connectivity index (χ3v) is 5.55. The van der Waals surface area contributed by atoms with Gasteiger partial charge in [0.1, 0.15) is 0 Å². The lowest BCUT2D eigenvalue weighted by Crippen LogP contribution is -2.41. The van der Waals surface area contributed by atoms with Crippen molar-refractivity contribution in [2.75, 3.05) is 59.5 Å². The molecule has 144 valence electrons. The van der Waals surface area contributed by atoms with Gasteiger partial charge in [0, 0.05) is 33.2 Å². The van der Waals surface area contributed by atoms with Gasteiger partial charge in [-0.25, -0.2) is 0 Å². The summed E-state index contributed by atoms with van der Waals surface area (Å²) >= 11 is 0.